The van der Waals surface area contributed by atoms with Crippen LogP contribution in [0.5, 0.6) is 0 Å². The molecule has 0 spiro atoms. The maximum Gasteiger partial charge on any atom is 0.155 e. The number of benzene rings is 3. The standard InChI is InChI=1S/C17H12N2S2/c18-13-6-8-15-16(10-13)21-17(19-15)20-14-7-5-11-3-1-2-4-12(11)9-14/h1-10H,18H2. The number of thiazole rings is 1. The molecule has 0 aliphatic rings. The Morgan fingerprint density at radius 3 is 2.67 bits per heavy atom. The molecule has 0 saturated carbocycles. The van der Waals surface area contributed by atoms with Crippen molar-refractivity contribution in [1.29, 1.82) is 0 Å². The molecule has 0 aliphatic carbocycles. The number of fused-ring (bicyclic) bond motifs is 2. The van der Waals surface area contributed by atoms with Crippen molar-refractivity contribution < 1.29 is 0 Å². The van der Waals surface area contributed by atoms with E-state index in [1.54, 1.807) is 23.1 Å². The van der Waals surface area contributed by atoms with E-state index in [0.29, 0.717) is 0 Å². The van der Waals surface area contributed by atoms with Crippen LogP contribution in [0.25, 0.3) is 21.0 Å². The molecule has 0 saturated heterocycles. The van der Waals surface area contributed by atoms with Crippen molar-refractivity contribution in [2.24, 2.45) is 0 Å². The lowest BCUT2D eigenvalue weighted by Gasteiger charge is -2.01. The second-order valence-electron chi connectivity index (χ2n) is 4.82. The summed E-state index contributed by atoms with van der Waals surface area (Å²) in [4.78, 5) is 5.86. The highest BCUT2D eigenvalue weighted by atomic mass is 32.2. The molecule has 2 nitrogen and oxygen atoms in total. The summed E-state index contributed by atoms with van der Waals surface area (Å²) in [5.74, 6) is 0. The summed E-state index contributed by atoms with van der Waals surface area (Å²) in [6.45, 7) is 0. The number of hydrogen-bond donors (Lipinski definition) is 1. The van der Waals surface area contributed by atoms with Crippen LogP contribution in [-0.2, 0) is 0 Å². The third kappa shape index (κ3) is 2.48. The van der Waals surface area contributed by atoms with Crippen LogP contribution in [0.3, 0.4) is 0 Å². The quantitative estimate of drug-likeness (QED) is 0.518. The van der Waals surface area contributed by atoms with Gasteiger partial charge in [-0.2, -0.15) is 0 Å². The summed E-state index contributed by atoms with van der Waals surface area (Å²) in [5, 5.41) is 2.52. The molecule has 1 heterocycles. The Kier molecular flexibility index (Phi) is 3.05. The number of nitrogen functional groups attached to an aromatic ring is 1. The maximum atomic E-state index is 5.82. The van der Waals surface area contributed by atoms with Crippen LogP contribution < -0.4 is 5.73 Å². The zero-order chi connectivity index (χ0) is 14.2. The lowest BCUT2D eigenvalue weighted by molar-refractivity contribution is 1.30. The molecule has 4 heteroatoms. The molecule has 3 aromatic carbocycles. The van der Waals surface area contributed by atoms with Gasteiger partial charge in [0.25, 0.3) is 0 Å². The fraction of sp³-hybridized carbons (Fsp3) is 0. The average molecular weight is 308 g/mol. The van der Waals surface area contributed by atoms with E-state index in [0.717, 1.165) is 20.2 Å². The van der Waals surface area contributed by atoms with E-state index in [4.69, 9.17) is 5.73 Å². The van der Waals surface area contributed by atoms with Crippen LogP contribution in [0.1, 0.15) is 0 Å². The normalized spacial score (nSPS) is 11.2. The molecule has 0 amide bonds. The first-order valence-corrected chi connectivity index (χ1v) is 8.24. The van der Waals surface area contributed by atoms with Gasteiger partial charge in [0.2, 0.25) is 0 Å². The van der Waals surface area contributed by atoms with Crippen molar-refractivity contribution in [2.75, 3.05) is 5.73 Å². The zero-order valence-electron chi connectivity index (χ0n) is 11.1. The van der Waals surface area contributed by atoms with Crippen LogP contribution in [-0.4, -0.2) is 4.98 Å². The van der Waals surface area contributed by atoms with Crippen LogP contribution >= 0.6 is 23.1 Å². The Labute approximate surface area is 130 Å². The van der Waals surface area contributed by atoms with E-state index in [2.05, 4.69) is 47.4 Å². The van der Waals surface area contributed by atoms with Crippen LogP contribution in [0.2, 0.25) is 0 Å². The van der Waals surface area contributed by atoms with Crippen molar-refractivity contribution in [3.8, 4) is 0 Å². The van der Waals surface area contributed by atoms with Gasteiger partial charge in [0.1, 0.15) is 0 Å². The fourth-order valence-corrected chi connectivity index (χ4v) is 4.43. The van der Waals surface area contributed by atoms with Gasteiger partial charge in [-0.15, -0.1) is 11.3 Å². The molecule has 2 N–H and O–H groups in total. The molecule has 0 atom stereocenters. The smallest absolute Gasteiger partial charge is 0.155 e. The zero-order valence-corrected chi connectivity index (χ0v) is 12.7. The first kappa shape index (κ1) is 12.7. The molecule has 0 aliphatic heterocycles. The first-order chi connectivity index (χ1) is 10.3. The Morgan fingerprint density at radius 1 is 0.905 bits per heavy atom. The fourth-order valence-electron chi connectivity index (χ4n) is 2.30. The number of hydrogen-bond acceptors (Lipinski definition) is 4. The van der Waals surface area contributed by atoms with Crippen molar-refractivity contribution in [3.63, 3.8) is 0 Å². The Balaban J connectivity index is 1.71. The highest BCUT2D eigenvalue weighted by molar-refractivity contribution is 8.01. The Morgan fingerprint density at radius 2 is 1.76 bits per heavy atom. The summed E-state index contributed by atoms with van der Waals surface area (Å²) in [6.07, 6.45) is 0. The van der Waals surface area contributed by atoms with Crippen molar-refractivity contribution in [2.45, 2.75) is 9.24 Å². The van der Waals surface area contributed by atoms with E-state index in [-0.39, 0.29) is 0 Å². The minimum absolute atomic E-state index is 0.786. The number of aromatic nitrogens is 1. The van der Waals surface area contributed by atoms with Crippen LogP contribution in [0, 0.1) is 0 Å². The van der Waals surface area contributed by atoms with Gasteiger partial charge in [-0.25, -0.2) is 4.98 Å². The van der Waals surface area contributed by atoms with Gasteiger partial charge in [0.15, 0.2) is 4.34 Å². The molecule has 102 valence electrons. The molecule has 0 unspecified atom stereocenters. The van der Waals surface area contributed by atoms with E-state index in [9.17, 15) is 0 Å². The first-order valence-electron chi connectivity index (χ1n) is 6.61. The number of anilines is 1. The third-order valence-electron chi connectivity index (χ3n) is 3.32. The predicted octanol–water partition coefficient (Wildman–Crippen LogP) is 5.18. The minimum Gasteiger partial charge on any atom is -0.399 e. The average Bonchev–Trinajstić information content (AvgIpc) is 2.88. The van der Waals surface area contributed by atoms with Crippen molar-refractivity contribution in [1.82, 2.24) is 4.98 Å². The van der Waals surface area contributed by atoms with Crippen molar-refractivity contribution >= 4 is 49.8 Å². The van der Waals surface area contributed by atoms with Gasteiger partial charge < -0.3 is 5.73 Å². The third-order valence-corrected chi connectivity index (χ3v) is 5.39. The molecule has 21 heavy (non-hydrogen) atoms. The molecule has 0 fully saturated rings. The van der Waals surface area contributed by atoms with Gasteiger partial charge in [-0.1, -0.05) is 42.1 Å². The van der Waals surface area contributed by atoms with Gasteiger partial charge in [0.05, 0.1) is 10.2 Å². The summed E-state index contributed by atoms with van der Waals surface area (Å²) in [7, 11) is 0. The molecule has 0 bridgehead atoms. The number of nitrogens with zero attached hydrogens (tertiary/aromatic N) is 1. The Bertz CT molecular complexity index is 944. The molecule has 4 rings (SSSR count). The van der Waals surface area contributed by atoms with E-state index < -0.39 is 0 Å². The Hall–Kier alpha value is -2.04. The molecule has 4 aromatic rings. The summed E-state index contributed by atoms with van der Waals surface area (Å²) in [5.41, 5.74) is 7.62. The van der Waals surface area contributed by atoms with E-state index in [1.807, 2.05) is 18.2 Å². The van der Waals surface area contributed by atoms with Crippen LogP contribution in [0.15, 0.2) is 69.9 Å². The number of nitrogens with two attached hydrogens (primary N) is 1. The van der Waals surface area contributed by atoms with E-state index >= 15 is 0 Å². The van der Waals surface area contributed by atoms with Crippen molar-refractivity contribution in [3.05, 3.63) is 60.7 Å². The highest BCUT2D eigenvalue weighted by Gasteiger charge is 2.06. The predicted molar refractivity (Wildman–Crippen MR) is 92.1 cm³/mol. The maximum absolute atomic E-state index is 5.82. The SMILES string of the molecule is Nc1ccc2nc(Sc3ccc4ccccc4c3)sc2c1. The van der Waals surface area contributed by atoms with Gasteiger partial charge >= 0.3 is 0 Å². The summed E-state index contributed by atoms with van der Waals surface area (Å²) < 4.78 is 2.18. The second-order valence-corrected chi connectivity index (χ2v) is 7.17. The highest BCUT2D eigenvalue weighted by Crippen LogP contribution is 2.36. The molecule has 1 aromatic heterocycles. The number of rotatable bonds is 2. The summed E-state index contributed by atoms with van der Waals surface area (Å²) >= 11 is 3.38. The summed E-state index contributed by atoms with van der Waals surface area (Å²) in [6, 6.07) is 20.8. The molecule has 0 radical (unpaired) electrons. The largest absolute Gasteiger partial charge is 0.399 e. The van der Waals surface area contributed by atoms with E-state index in [1.165, 1.54) is 15.7 Å². The van der Waals surface area contributed by atoms with Crippen LogP contribution in [0.4, 0.5) is 5.69 Å². The second kappa shape index (κ2) is 5.06. The lowest BCUT2D eigenvalue weighted by atomic mass is 10.1. The minimum atomic E-state index is 0.786. The van der Waals surface area contributed by atoms with Gasteiger partial charge in [-0.3, -0.25) is 0 Å². The lowest BCUT2D eigenvalue weighted by Crippen LogP contribution is -1.81. The van der Waals surface area contributed by atoms with Gasteiger partial charge in [-0.05, 0) is 41.1 Å². The molecular formula is C17H12N2S2. The monoisotopic (exact) mass is 308 g/mol. The van der Waals surface area contributed by atoms with Gasteiger partial charge in [0, 0.05) is 10.6 Å². The molecular weight excluding hydrogens is 296 g/mol. The topological polar surface area (TPSA) is 38.9 Å².